The van der Waals surface area contributed by atoms with E-state index in [1.54, 1.807) is 18.7 Å². The van der Waals surface area contributed by atoms with Crippen LogP contribution in [0.5, 0.6) is 0 Å². The zero-order chi connectivity index (χ0) is 84.8. The number of carbonyl (C=O) groups is 5. The Balaban J connectivity index is 0. The molecule has 0 bridgehead atoms. The molecule has 662 valence electrons. The number of hydrogen-bond acceptors (Lipinski definition) is 49. The number of unbranched alkanes of at least 4 members (excludes halogenated alkanes) is 3. The standard InChI is InChI=1S/C55H92N4O48S7.8Na/c1-8-18-92-35-31(58-29(61)16-10-9-13-17-56-28(60)15-12-11-14-27-30-23(22-108-27)57-55(67)59-30)50(96-24(32(35)62)19-93-109(68,69)70)101-39-37(87-3)44(89-5)53(103-42(39)48(63)64)100-34-26(21-95-111(74,75)76)98-54(47(107-114(83,84)85)41(34)105-112(77,78)79)102-40-38(88-4)45(90-6)52(104-43(40)49(65)66)99-33-25(20-94-110(71,72)73)97-51(91-7)46(36(33)86-2)106-113(80,81)82;;;;;;;;/h23-27,30-47,50-54,62H,8-22H2,1-7H3,(H,56,60)(H,58,61)(H,63,64)(H,65,66)(H2,57,59,67)(H,68,69,70)(H,71,72,73)(H,74,75,76)(H,77,78,79)(H,80,81,82)(H,83,84,85);;;;;;;;/q;8*+1/p-8/t23?,24-,25-,26-,27?,30?,31-,32-,33-,34-,35-,36+,37+,38+,39+,40+,41+,42+,43+,44-,45-,46-,47-,50+,51+,52+,53-,54-;;;;;;;;/m1......../s1. The van der Waals surface area contributed by atoms with E-state index in [1.807, 2.05) is 0 Å². The van der Waals surface area contributed by atoms with Gasteiger partial charge >= 0.3 is 242 Å². The molecule has 52 nitrogen and oxygen atoms in total. The van der Waals surface area contributed by atoms with Crippen LogP contribution in [0.15, 0.2) is 0 Å². The van der Waals surface area contributed by atoms with E-state index >= 15 is 0 Å². The molecule has 67 heteroatoms. The van der Waals surface area contributed by atoms with Crippen molar-refractivity contribution in [3.05, 3.63) is 0 Å². The summed E-state index contributed by atoms with van der Waals surface area (Å²) in [6.45, 7) is -3.05. The van der Waals surface area contributed by atoms with Crippen molar-refractivity contribution in [1.82, 2.24) is 21.3 Å². The number of carboxylic acid groups (broad SMARTS) is 2. The van der Waals surface area contributed by atoms with Crippen molar-refractivity contribution in [3.63, 3.8) is 0 Å². The first kappa shape index (κ1) is 128. The van der Waals surface area contributed by atoms with Crippen molar-refractivity contribution in [1.29, 1.82) is 0 Å². The number of methoxy groups -OCH3 is 6. The molecule has 3 unspecified atom stereocenters. The molecule has 4 amide bonds. The number of hydrogen-bond donors (Lipinski definition) is 5. The summed E-state index contributed by atoms with van der Waals surface area (Å²) in [4.78, 5) is 65.2. The van der Waals surface area contributed by atoms with Gasteiger partial charge < -0.3 is 149 Å². The minimum atomic E-state index is -6.53. The quantitative estimate of drug-likeness (QED) is 0.0124. The van der Waals surface area contributed by atoms with Gasteiger partial charge in [-0.2, -0.15) is 11.8 Å². The summed E-state index contributed by atoms with van der Waals surface area (Å²) in [6.07, 6.45) is -55.6. The third-order valence-electron chi connectivity index (χ3n) is 18.2. The van der Waals surface area contributed by atoms with Crippen molar-refractivity contribution in [2.45, 2.75) is 236 Å². The second-order valence-electron chi connectivity index (χ2n) is 25.7. The number of nitrogens with one attached hydrogen (secondary N) is 4. The Morgan fingerprint density at radius 1 is 0.451 bits per heavy atom. The third-order valence-corrected chi connectivity index (χ3v) is 22.4. The van der Waals surface area contributed by atoms with Crippen LogP contribution in [0.3, 0.4) is 0 Å². The molecule has 7 heterocycles. The van der Waals surface area contributed by atoms with Gasteiger partial charge in [0.15, 0.2) is 43.7 Å². The SMILES string of the molecule is CCCO[C@H]1[C@H](O)[C@@H](COS(=O)(=O)[O-])O[C@@H](O[C@H]2[C@H](OC)[C@@H](OC)[C@H](O[C@H]3[C@H](OS(=O)(=O)[O-])[C@@H](OS(=O)(=O)[O-])[C@@H](O[C@H]4[C@H](OC)[C@@H](OC)[C@@H](O[C@H]5[C@H](OC)[C@@H](OS(=O)(=O)[O-])[C@@H](OC)O[C@@H]5COS(=O)(=O)[O-])O[C@@H]4C(=O)[O-])O[C@@H]3COS(=O)(=O)[O-])O[C@@H]2C(=O)[O-])[C@@H]1NC(=O)CCCCCNC(=O)CCCCC1SCC2NC(=O)NC21.[Na+].[Na+].[Na+].[Na+].[Na+].[Na+].[Na+].[Na+]. The molecule has 0 saturated carbocycles. The van der Waals surface area contributed by atoms with Gasteiger partial charge in [0.1, 0.15) is 110 Å². The summed E-state index contributed by atoms with van der Waals surface area (Å²) in [6, 6.07) is -1.97. The maximum atomic E-state index is 13.9. The van der Waals surface area contributed by atoms with Gasteiger partial charge in [0, 0.05) is 79.7 Å². The molecule has 0 aromatic carbocycles. The van der Waals surface area contributed by atoms with E-state index in [0.717, 1.165) is 61.3 Å². The maximum absolute atomic E-state index is 13.9. The minimum Gasteiger partial charge on any atom is -0.726 e. The summed E-state index contributed by atoms with van der Waals surface area (Å²) in [5.74, 6) is -5.11. The molecule has 5 N–H and O–H groups in total. The molecule has 0 aliphatic carbocycles. The second kappa shape index (κ2) is 58.7. The fourth-order valence-corrected chi connectivity index (χ4v) is 17.4. The Morgan fingerprint density at radius 3 is 1.29 bits per heavy atom. The molecule has 7 rings (SSSR count). The summed E-state index contributed by atoms with van der Waals surface area (Å²) >= 11 is 1.74. The fraction of sp³-hybridized carbons (Fsp3) is 0.909. The first-order valence-corrected chi connectivity index (χ1v) is 43.0. The van der Waals surface area contributed by atoms with Gasteiger partial charge in [-0.25, -0.2) is 55.3 Å². The van der Waals surface area contributed by atoms with Crippen LogP contribution in [0.4, 0.5) is 4.79 Å². The zero-order valence-corrected chi connectivity index (χ0v) is 90.5. The maximum Gasteiger partial charge on any atom is 1.00 e. The number of thioether (sulfide) groups is 1. The van der Waals surface area contributed by atoms with Crippen molar-refractivity contribution in [3.8, 4) is 0 Å². The van der Waals surface area contributed by atoms with Crippen LogP contribution in [0.1, 0.15) is 64.7 Å². The molecule has 7 aliphatic heterocycles. The predicted octanol–water partition coefficient (Wildman–Crippen LogP) is -34.6. The Labute approximate surface area is 884 Å². The number of carboxylic acids is 2. The first-order valence-electron chi connectivity index (χ1n) is 34.0. The van der Waals surface area contributed by atoms with E-state index in [2.05, 4.69) is 46.4 Å². The largest absolute Gasteiger partial charge is 1.00 e. The van der Waals surface area contributed by atoms with Crippen LogP contribution in [0.25, 0.3) is 0 Å². The number of aliphatic carboxylic acids is 2. The third kappa shape index (κ3) is 39.5. The Hall–Kier alpha value is 4.04. The second-order valence-corrected chi connectivity index (χ2v) is 33.1. The average Bonchev–Trinajstić information content (AvgIpc) is 1.57. The van der Waals surface area contributed by atoms with E-state index in [1.165, 1.54) is 0 Å². The van der Waals surface area contributed by atoms with E-state index in [4.69, 9.17) is 75.8 Å². The van der Waals surface area contributed by atoms with Gasteiger partial charge in [-0.15, -0.1) is 0 Å². The molecule has 122 heavy (non-hydrogen) atoms. The van der Waals surface area contributed by atoms with Crippen LogP contribution in [-0.2, 0) is 182 Å². The number of urea groups is 1. The molecular formula is C55H84N4Na8O48S7. The van der Waals surface area contributed by atoms with Crippen LogP contribution >= 0.6 is 11.8 Å². The predicted molar refractivity (Wildman–Crippen MR) is 348 cm³/mol. The molecule has 0 aromatic heterocycles. The summed E-state index contributed by atoms with van der Waals surface area (Å²) < 4.78 is 338. The first-order chi connectivity index (χ1) is 53.2. The molecular weight excluding hydrogens is 1890 g/mol. The zero-order valence-electron chi connectivity index (χ0n) is 68.8. The van der Waals surface area contributed by atoms with Crippen LogP contribution in [0, 0.1) is 0 Å². The Kier molecular flexibility index (Phi) is 61.6. The minimum absolute atomic E-state index is 0. The van der Waals surface area contributed by atoms with E-state index in [9.17, 15) is 117 Å². The number of carbonyl (C=O) groups excluding carboxylic acids is 5. The summed E-state index contributed by atoms with van der Waals surface area (Å²) in [5, 5.41) is 49.8. The Bertz CT molecular complexity index is 3940. The van der Waals surface area contributed by atoms with Crippen LogP contribution in [0.2, 0.25) is 0 Å². The summed E-state index contributed by atoms with van der Waals surface area (Å²) in [7, 11) is -31.4. The molecule has 7 saturated heterocycles. The van der Waals surface area contributed by atoms with Crippen LogP contribution in [-0.4, -0.2) is 365 Å². The average molecular weight is 1980 g/mol. The molecule has 28 atom stereocenters. The topological polar surface area (TPSA) is 746 Å². The van der Waals surface area contributed by atoms with Gasteiger partial charge in [0.25, 0.3) is 0 Å². The van der Waals surface area contributed by atoms with Crippen molar-refractivity contribution < 1.29 is 454 Å². The normalized spacial score (nSPS) is 33.5. The number of aliphatic hydroxyl groups is 1. The smallest absolute Gasteiger partial charge is 0.726 e. The molecule has 0 radical (unpaired) electrons. The van der Waals surface area contributed by atoms with Gasteiger partial charge in [-0.1, -0.05) is 19.8 Å². The summed E-state index contributed by atoms with van der Waals surface area (Å²) in [5.41, 5.74) is 0. The van der Waals surface area contributed by atoms with E-state index in [-0.39, 0.29) is 305 Å². The van der Waals surface area contributed by atoms with Crippen molar-refractivity contribution >= 4 is 104 Å². The molecule has 0 aromatic rings. The number of fused-ring (bicyclic) bond motifs is 1. The van der Waals surface area contributed by atoms with Crippen molar-refractivity contribution in [2.24, 2.45) is 0 Å². The monoisotopic (exact) mass is 1980 g/mol. The number of aliphatic hydroxyl groups excluding tert-OH is 1. The van der Waals surface area contributed by atoms with Crippen molar-refractivity contribution in [2.75, 3.05) is 81.4 Å². The van der Waals surface area contributed by atoms with Gasteiger partial charge in [-0.05, 0) is 32.1 Å². The van der Waals surface area contributed by atoms with E-state index < -0.39 is 254 Å². The molecule has 7 fully saturated rings. The van der Waals surface area contributed by atoms with Gasteiger partial charge in [-0.3, -0.25) is 34.7 Å². The Morgan fingerprint density at radius 2 is 0.844 bits per heavy atom. The van der Waals surface area contributed by atoms with Gasteiger partial charge in [0.05, 0.1) is 43.8 Å². The number of amides is 4. The van der Waals surface area contributed by atoms with E-state index in [0.29, 0.717) is 19.3 Å². The molecule has 7 aliphatic rings. The van der Waals surface area contributed by atoms with Gasteiger partial charge in [0.2, 0.25) is 74.2 Å². The number of ether oxygens (including phenoxy) is 16. The number of rotatable bonds is 46. The fourth-order valence-electron chi connectivity index (χ4n) is 13.5. The van der Waals surface area contributed by atoms with Crippen LogP contribution < -0.4 is 268 Å². The molecule has 0 spiro atoms.